The van der Waals surface area contributed by atoms with E-state index in [-0.39, 0.29) is 0 Å². The highest BCUT2D eigenvalue weighted by atomic mass is 16.5. The molecule has 3 heteroatoms. The molecular formula is C23H27NO2. The fourth-order valence-electron chi connectivity index (χ4n) is 4.05. The van der Waals surface area contributed by atoms with Gasteiger partial charge >= 0.3 is 0 Å². The zero-order chi connectivity index (χ0) is 17.8. The highest BCUT2D eigenvalue weighted by Gasteiger charge is 2.22. The van der Waals surface area contributed by atoms with E-state index in [1.807, 2.05) is 0 Å². The Morgan fingerprint density at radius 3 is 2.58 bits per heavy atom. The second-order valence-corrected chi connectivity index (χ2v) is 7.16. The predicted molar refractivity (Wildman–Crippen MR) is 106 cm³/mol. The van der Waals surface area contributed by atoms with Crippen molar-refractivity contribution in [2.24, 2.45) is 0 Å². The normalized spacial score (nSPS) is 17.9. The molecule has 0 aromatic heterocycles. The number of aryl methyl sites for hydroxylation is 1. The van der Waals surface area contributed by atoms with Crippen LogP contribution < -0.4 is 4.74 Å². The molecule has 1 saturated heterocycles. The van der Waals surface area contributed by atoms with E-state index in [1.165, 1.54) is 22.3 Å². The van der Waals surface area contributed by atoms with E-state index in [1.54, 1.807) is 12.7 Å². The number of benzene rings is 2. The second kappa shape index (κ2) is 8.07. The van der Waals surface area contributed by atoms with E-state index in [9.17, 15) is 0 Å². The summed E-state index contributed by atoms with van der Waals surface area (Å²) in [4.78, 5) is 2.54. The number of hydrogen-bond donors (Lipinski definition) is 0. The van der Waals surface area contributed by atoms with Crippen LogP contribution in [0.4, 0.5) is 0 Å². The van der Waals surface area contributed by atoms with Crippen LogP contribution in [0.3, 0.4) is 0 Å². The summed E-state index contributed by atoms with van der Waals surface area (Å²) < 4.78 is 11.0. The molecule has 0 atom stereocenters. The molecule has 3 nitrogen and oxygen atoms in total. The number of fused-ring (bicyclic) bond motifs is 1. The quantitative estimate of drug-likeness (QED) is 0.815. The van der Waals surface area contributed by atoms with Gasteiger partial charge in [-0.05, 0) is 53.7 Å². The van der Waals surface area contributed by atoms with Crippen LogP contribution in [-0.2, 0) is 17.6 Å². The molecule has 4 rings (SSSR count). The van der Waals surface area contributed by atoms with E-state index >= 15 is 0 Å². The number of ether oxygens (including phenoxy) is 2. The summed E-state index contributed by atoms with van der Waals surface area (Å²) in [5, 5.41) is 0. The molecule has 2 aromatic rings. The molecule has 0 N–H and O–H groups in total. The maximum Gasteiger partial charge on any atom is 0.119 e. The highest BCUT2D eigenvalue weighted by molar-refractivity contribution is 5.75. The van der Waals surface area contributed by atoms with Crippen LogP contribution in [0, 0.1) is 0 Å². The summed E-state index contributed by atoms with van der Waals surface area (Å²) >= 11 is 0. The van der Waals surface area contributed by atoms with Crippen LogP contribution in [0.15, 0.2) is 54.1 Å². The third-order valence-corrected chi connectivity index (χ3v) is 5.50. The molecule has 2 aliphatic rings. The van der Waals surface area contributed by atoms with Gasteiger partial charge in [0, 0.05) is 19.6 Å². The van der Waals surface area contributed by atoms with Crippen molar-refractivity contribution < 1.29 is 9.47 Å². The molecule has 1 aliphatic carbocycles. The largest absolute Gasteiger partial charge is 0.497 e. The Morgan fingerprint density at radius 2 is 1.81 bits per heavy atom. The van der Waals surface area contributed by atoms with Crippen LogP contribution in [0.25, 0.3) is 5.57 Å². The van der Waals surface area contributed by atoms with Gasteiger partial charge in [0.2, 0.25) is 0 Å². The van der Waals surface area contributed by atoms with Crippen LogP contribution in [0.1, 0.15) is 23.1 Å². The first-order valence-corrected chi connectivity index (χ1v) is 9.55. The van der Waals surface area contributed by atoms with Gasteiger partial charge in [-0.15, -0.1) is 0 Å². The Hall–Kier alpha value is -2.10. The first kappa shape index (κ1) is 17.3. The van der Waals surface area contributed by atoms with Crippen molar-refractivity contribution in [1.29, 1.82) is 0 Å². The van der Waals surface area contributed by atoms with Crippen molar-refractivity contribution in [3.8, 4) is 5.75 Å². The molecule has 0 saturated carbocycles. The highest BCUT2D eigenvalue weighted by Crippen LogP contribution is 2.36. The van der Waals surface area contributed by atoms with Gasteiger partial charge in [0.15, 0.2) is 0 Å². The molecule has 0 radical (unpaired) electrons. The standard InChI is InChI=1S/C23H27NO2/c1-25-21-9-10-22-19(16-21)7-8-20(17-24-11-13-26-14-12-24)23(22)15-18-5-3-2-4-6-18/h2-6,9-10,16H,7-8,11-15,17H2,1H3. The van der Waals surface area contributed by atoms with Gasteiger partial charge < -0.3 is 9.47 Å². The summed E-state index contributed by atoms with van der Waals surface area (Å²) in [7, 11) is 1.75. The number of nitrogens with zero attached hydrogens (tertiary/aromatic N) is 1. The van der Waals surface area contributed by atoms with E-state index < -0.39 is 0 Å². The third kappa shape index (κ3) is 3.84. The van der Waals surface area contributed by atoms with Gasteiger partial charge in [0.25, 0.3) is 0 Å². The smallest absolute Gasteiger partial charge is 0.119 e. The Kier molecular flexibility index (Phi) is 5.37. The summed E-state index contributed by atoms with van der Waals surface area (Å²) in [5.74, 6) is 0.958. The Bertz CT molecular complexity index is 776. The van der Waals surface area contributed by atoms with Gasteiger partial charge in [0.05, 0.1) is 20.3 Å². The van der Waals surface area contributed by atoms with Crippen molar-refractivity contribution in [1.82, 2.24) is 4.90 Å². The molecular weight excluding hydrogens is 322 g/mol. The maximum absolute atomic E-state index is 5.52. The molecule has 1 fully saturated rings. The lowest BCUT2D eigenvalue weighted by atomic mass is 9.82. The van der Waals surface area contributed by atoms with Crippen LogP contribution in [0.5, 0.6) is 5.75 Å². The number of hydrogen-bond acceptors (Lipinski definition) is 3. The zero-order valence-corrected chi connectivity index (χ0v) is 15.5. The molecule has 26 heavy (non-hydrogen) atoms. The average Bonchev–Trinajstić information content (AvgIpc) is 2.71. The number of methoxy groups -OCH3 is 1. The minimum atomic E-state index is 0.856. The Labute approximate surface area is 156 Å². The minimum Gasteiger partial charge on any atom is -0.497 e. The monoisotopic (exact) mass is 349 g/mol. The van der Waals surface area contributed by atoms with Crippen molar-refractivity contribution in [3.05, 3.63) is 70.8 Å². The van der Waals surface area contributed by atoms with Gasteiger partial charge in [0.1, 0.15) is 5.75 Å². The molecule has 0 unspecified atom stereocenters. The Balaban J connectivity index is 1.68. The van der Waals surface area contributed by atoms with Gasteiger partial charge in [-0.3, -0.25) is 4.90 Å². The maximum atomic E-state index is 5.52. The van der Waals surface area contributed by atoms with E-state index in [0.717, 1.165) is 57.9 Å². The molecule has 0 amide bonds. The summed E-state index contributed by atoms with van der Waals surface area (Å²) in [6, 6.07) is 17.4. The van der Waals surface area contributed by atoms with E-state index in [4.69, 9.17) is 9.47 Å². The number of rotatable bonds is 5. The van der Waals surface area contributed by atoms with Crippen molar-refractivity contribution >= 4 is 5.57 Å². The summed E-state index contributed by atoms with van der Waals surface area (Å²) in [5.41, 5.74) is 7.30. The zero-order valence-electron chi connectivity index (χ0n) is 15.5. The first-order valence-electron chi connectivity index (χ1n) is 9.55. The Morgan fingerprint density at radius 1 is 1.00 bits per heavy atom. The molecule has 1 aliphatic heterocycles. The van der Waals surface area contributed by atoms with Crippen LogP contribution in [0.2, 0.25) is 0 Å². The molecule has 0 bridgehead atoms. The van der Waals surface area contributed by atoms with Crippen LogP contribution in [-0.4, -0.2) is 44.9 Å². The summed E-state index contributed by atoms with van der Waals surface area (Å²) in [6.07, 6.45) is 3.24. The van der Waals surface area contributed by atoms with Crippen LogP contribution >= 0.6 is 0 Å². The van der Waals surface area contributed by atoms with Gasteiger partial charge in [-0.2, -0.15) is 0 Å². The molecule has 136 valence electrons. The van der Waals surface area contributed by atoms with E-state index in [0.29, 0.717) is 0 Å². The topological polar surface area (TPSA) is 21.7 Å². The lowest BCUT2D eigenvalue weighted by Gasteiger charge is -2.31. The molecule has 0 spiro atoms. The summed E-state index contributed by atoms with van der Waals surface area (Å²) in [6.45, 7) is 4.86. The van der Waals surface area contributed by atoms with Gasteiger partial charge in [-0.25, -0.2) is 0 Å². The molecule has 2 aromatic carbocycles. The SMILES string of the molecule is COc1ccc2c(c1)CCC(CN1CCOCC1)=C2Cc1ccccc1. The minimum absolute atomic E-state index is 0.856. The third-order valence-electron chi connectivity index (χ3n) is 5.50. The fraction of sp³-hybridized carbons (Fsp3) is 0.391. The van der Waals surface area contributed by atoms with Gasteiger partial charge in [-0.1, -0.05) is 42.0 Å². The average molecular weight is 349 g/mol. The second-order valence-electron chi connectivity index (χ2n) is 7.16. The van der Waals surface area contributed by atoms with Crippen molar-refractivity contribution in [2.45, 2.75) is 19.3 Å². The number of allylic oxidation sites excluding steroid dienone is 1. The lowest BCUT2D eigenvalue weighted by Crippen LogP contribution is -2.38. The van der Waals surface area contributed by atoms with Crippen molar-refractivity contribution in [3.63, 3.8) is 0 Å². The molecule has 1 heterocycles. The van der Waals surface area contributed by atoms with E-state index in [2.05, 4.69) is 53.4 Å². The number of morpholine rings is 1. The predicted octanol–water partition coefficient (Wildman–Crippen LogP) is 3.97. The lowest BCUT2D eigenvalue weighted by molar-refractivity contribution is 0.0420. The van der Waals surface area contributed by atoms with Crippen molar-refractivity contribution in [2.75, 3.05) is 40.0 Å². The fourth-order valence-corrected chi connectivity index (χ4v) is 4.05. The first-order chi connectivity index (χ1) is 12.8.